The average Bonchev–Trinajstić information content (AvgIpc) is 3.98. The fraction of sp³-hybridized carbons (Fsp3) is 0.366. The molecule has 5 heterocycles. The molecule has 21 heteroatoms. The van der Waals surface area contributed by atoms with Crippen LogP contribution in [0.15, 0.2) is 71.5 Å². The van der Waals surface area contributed by atoms with Gasteiger partial charge in [-0.3, -0.25) is 9.58 Å². The van der Waals surface area contributed by atoms with E-state index in [0.717, 1.165) is 62.2 Å². The fourth-order valence-electron chi connectivity index (χ4n) is 6.99. The molecule has 6 aromatic rings. The third kappa shape index (κ3) is 9.88. The zero-order valence-electron chi connectivity index (χ0n) is 33.6. The molecule has 2 atom stereocenters. The maximum atomic E-state index is 17.1. The Bertz CT molecular complexity index is 2530. The van der Waals surface area contributed by atoms with Gasteiger partial charge in [0.1, 0.15) is 57.3 Å². The Hall–Kier alpha value is -5.17. The van der Waals surface area contributed by atoms with E-state index in [0.29, 0.717) is 55.0 Å². The first-order valence-electron chi connectivity index (χ1n) is 19.3. The number of thiophene rings is 1. The maximum absolute atomic E-state index is 17.1. The lowest BCUT2D eigenvalue weighted by Gasteiger charge is -2.32. The van der Waals surface area contributed by atoms with Gasteiger partial charge in [0.15, 0.2) is 6.17 Å². The molecule has 4 radical (unpaired) electrons. The van der Waals surface area contributed by atoms with Crippen LogP contribution in [0.25, 0.3) is 32.0 Å². The molecule has 2 aromatic carbocycles. The number of ether oxygens (including phenoxy) is 4. The van der Waals surface area contributed by atoms with Gasteiger partial charge in [-0.25, -0.2) is 19.2 Å². The first kappa shape index (κ1) is 44.9. The van der Waals surface area contributed by atoms with Crippen molar-refractivity contribution >= 4 is 54.8 Å². The minimum Gasteiger partial charge on any atom is -0.501 e. The van der Waals surface area contributed by atoms with Crippen LogP contribution in [0.3, 0.4) is 0 Å². The van der Waals surface area contributed by atoms with Crippen molar-refractivity contribution in [1.29, 1.82) is 0 Å². The number of para-hydroxylation sites is 1. The van der Waals surface area contributed by atoms with Crippen LogP contribution in [0.1, 0.15) is 29.9 Å². The second-order valence-electron chi connectivity index (χ2n) is 14.4. The van der Waals surface area contributed by atoms with Crippen LogP contribution >= 0.6 is 22.9 Å². The van der Waals surface area contributed by atoms with Gasteiger partial charge in [-0.05, 0) is 56.3 Å². The van der Waals surface area contributed by atoms with Crippen LogP contribution in [0.5, 0.6) is 17.4 Å². The van der Waals surface area contributed by atoms with E-state index in [2.05, 4.69) is 31.9 Å². The van der Waals surface area contributed by atoms with Crippen molar-refractivity contribution in [3.63, 3.8) is 0 Å². The first-order valence-corrected chi connectivity index (χ1v) is 20.5. The molecule has 322 valence electrons. The number of rotatable bonds is 16. The molecule has 2 unspecified atom stereocenters. The Kier molecular flexibility index (Phi) is 13.5. The van der Waals surface area contributed by atoms with Gasteiger partial charge in [-0.15, -0.1) is 11.3 Å². The van der Waals surface area contributed by atoms with E-state index in [1.807, 2.05) is 0 Å². The van der Waals surface area contributed by atoms with E-state index in [4.69, 9.17) is 50.7 Å². The Labute approximate surface area is 364 Å². The molecule has 1 aliphatic rings. The summed E-state index contributed by atoms with van der Waals surface area (Å²) in [6.07, 6.45) is -6.94. The van der Waals surface area contributed by atoms with Crippen molar-refractivity contribution in [3.05, 3.63) is 95.0 Å². The summed E-state index contributed by atoms with van der Waals surface area (Å²) in [6.45, 7) is 6.44. The van der Waals surface area contributed by atoms with Crippen molar-refractivity contribution in [2.75, 3.05) is 53.0 Å². The summed E-state index contributed by atoms with van der Waals surface area (Å²) in [7, 11) is 14.5. The molecule has 1 aliphatic heterocycles. The smallest absolute Gasteiger partial charge is 0.408 e. The SMILES string of the molecule is [B]C([B])(Oc1ccccc1C(F)C(Oc1ncnc2sc(-c3ccc(F)o3)c(-c3ccc(OCCN4CCN(C)CC4)c(Cl)c3C)c12)C(=O)OCC)c1ccnn1CC(F)(F)F. The number of halogens is 6. The van der Waals surface area contributed by atoms with Gasteiger partial charge in [-0.2, -0.15) is 22.7 Å². The molecule has 12 nitrogen and oxygen atoms in total. The van der Waals surface area contributed by atoms with E-state index < -0.39 is 42.4 Å². The zero-order valence-corrected chi connectivity index (χ0v) is 35.2. The molecule has 0 spiro atoms. The highest BCUT2D eigenvalue weighted by Gasteiger charge is 2.39. The van der Waals surface area contributed by atoms with E-state index >= 15 is 4.39 Å². The van der Waals surface area contributed by atoms with Gasteiger partial charge in [-0.1, -0.05) is 35.9 Å². The molecule has 0 bridgehead atoms. The number of fused-ring (bicyclic) bond motifs is 1. The van der Waals surface area contributed by atoms with Gasteiger partial charge < -0.3 is 28.3 Å². The van der Waals surface area contributed by atoms with E-state index in [1.54, 1.807) is 19.1 Å². The van der Waals surface area contributed by atoms with Crippen molar-refractivity contribution in [2.45, 2.75) is 44.2 Å². The summed E-state index contributed by atoms with van der Waals surface area (Å²) in [5.41, 5.74) is 0.771. The molecule has 4 aromatic heterocycles. The second kappa shape index (κ2) is 18.7. The van der Waals surface area contributed by atoms with Crippen molar-refractivity contribution < 1.29 is 50.1 Å². The molecule has 0 N–H and O–H groups in total. The minimum atomic E-state index is -4.68. The van der Waals surface area contributed by atoms with E-state index in [1.165, 1.54) is 37.3 Å². The number of esters is 1. The lowest BCUT2D eigenvalue weighted by Crippen LogP contribution is -2.45. The highest BCUT2D eigenvalue weighted by Crippen LogP contribution is 2.50. The number of hydrogen-bond acceptors (Lipinski definition) is 12. The number of likely N-dealkylation sites (N-methyl/N-ethyl adjacent to an activating group) is 1. The van der Waals surface area contributed by atoms with Crippen LogP contribution in [-0.2, 0) is 21.5 Å². The van der Waals surface area contributed by atoms with Crippen molar-refractivity contribution in [2.24, 2.45) is 0 Å². The number of hydrogen-bond donors (Lipinski definition) is 0. The van der Waals surface area contributed by atoms with Crippen molar-refractivity contribution in [1.82, 2.24) is 29.5 Å². The fourth-order valence-corrected chi connectivity index (χ4v) is 8.32. The van der Waals surface area contributed by atoms with Crippen LogP contribution in [0.2, 0.25) is 5.02 Å². The summed E-state index contributed by atoms with van der Waals surface area (Å²) < 4.78 is 101. The quantitative estimate of drug-likeness (QED) is 0.0542. The summed E-state index contributed by atoms with van der Waals surface area (Å²) >= 11 is 8.07. The number of nitrogens with zero attached hydrogens (tertiary/aromatic N) is 6. The average molecular weight is 895 g/mol. The third-order valence-corrected chi connectivity index (χ3v) is 11.7. The molecular formula is C41H38B2ClF5N6O6S. The van der Waals surface area contributed by atoms with Crippen LogP contribution in [0.4, 0.5) is 22.0 Å². The second-order valence-corrected chi connectivity index (χ2v) is 15.8. The zero-order chi connectivity index (χ0) is 44.3. The number of furan rings is 1. The molecule has 7 rings (SSSR count). The highest BCUT2D eigenvalue weighted by atomic mass is 35.5. The predicted octanol–water partition coefficient (Wildman–Crippen LogP) is 7.65. The van der Waals surface area contributed by atoms with Gasteiger partial charge in [0.2, 0.25) is 12.0 Å². The number of carbonyl (C=O) groups is 1. The van der Waals surface area contributed by atoms with Gasteiger partial charge in [0.25, 0.3) is 6.01 Å². The van der Waals surface area contributed by atoms with Crippen LogP contribution < -0.4 is 14.2 Å². The lowest BCUT2D eigenvalue weighted by molar-refractivity contribution is -0.155. The Morgan fingerprint density at radius 2 is 1.79 bits per heavy atom. The molecule has 1 saturated heterocycles. The predicted molar refractivity (Wildman–Crippen MR) is 223 cm³/mol. The number of carbonyl (C=O) groups excluding carboxylic acids is 1. The van der Waals surface area contributed by atoms with Crippen LogP contribution in [0, 0.1) is 12.9 Å². The summed E-state index contributed by atoms with van der Waals surface area (Å²) in [5, 5.41) is 1.70. The van der Waals surface area contributed by atoms with Crippen molar-refractivity contribution in [3.8, 4) is 39.1 Å². The molecule has 0 saturated carbocycles. The van der Waals surface area contributed by atoms with E-state index in [9.17, 15) is 22.4 Å². The number of benzene rings is 2. The molecule has 1 fully saturated rings. The van der Waals surface area contributed by atoms with Gasteiger partial charge >= 0.3 is 12.1 Å². The highest BCUT2D eigenvalue weighted by molar-refractivity contribution is 7.22. The number of piperazine rings is 1. The molecule has 62 heavy (non-hydrogen) atoms. The molecule has 0 amide bonds. The number of alkyl halides is 4. The van der Waals surface area contributed by atoms with Gasteiger partial charge in [0, 0.05) is 56.1 Å². The maximum Gasteiger partial charge on any atom is 0.408 e. The normalized spacial score (nSPS) is 15.1. The van der Waals surface area contributed by atoms with Gasteiger partial charge in [0.05, 0.1) is 33.0 Å². The monoisotopic (exact) mass is 894 g/mol. The lowest BCUT2D eigenvalue weighted by atomic mass is 9.63. The Morgan fingerprint density at radius 3 is 2.50 bits per heavy atom. The summed E-state index contributed by atoms with van der Waals surface area (Å²) in [5.74, 6) is -1.16. The Morgan fingerprint density at radius 1 is 1.03 bits per heavy atom. The molecular weight excluding hydrogens is 857 g/mol. The summed E-state index contributed by atoms with van der Waals surface area (Å²) in [4.78, 5) is 27.7. The number of aromatic nitrogens is 4. The topological polar surface area (TPSA) is 117 Å². The van der Waals surface area contributed by atoms with Crippen LogP contribution in [-0.4, -0.2) is 116 Å². The first-order chi connectivity index (χ1) is 29.5. The largest absolute Gasteiger partial charge is 0.501 e. The van der Waals surface area contributed by atoms with E-state index in [-0.39, 0.29) is 40.6 Å². The Balaban J connectivity index is 1.25. The third-order valence-electron chi connectivity index (χ3n) is 10.1. The standard InChI is InChI=1S/C41H38B2ClF5N6O6S/c1-4-57-39(56)35(34(46)25-7-5-6-8-26(25)61-41(42,43)29-13-14-52-55(29)21-40(47,48)49)60-37-32-31(36(28-11-12-30(45)59-28)62-38(32)51-22-50-37)24-9-10-27(33(44)23(24)2)58-20-19-54-17-15-53(3)16-18-54/h5-14,22,34-35H,4,15-21H2,1-3H3. The summed E-state index contributed by atoms with van der Waals surface area (Å²) in [6, 6.07) is 11.7. The molecule has 0 aliphatic carbocycles. The minimum absolute atomic E-state index is 0.134.